The summed E-state index contributed by atoms with van der Waals surface area (Å²) in [5.41, 5.74) is 4.53. The third-order valence-corrected chi connectivity index (χ3v) is 5.73. The highest BCUT2D eigenvalue weighted by Crippen LogP contribution is 2.61. The summed E-state index contributed by atoms with van der Waals surface area (Å²) in [6.07, 6.45) is 3.55. The first-order valence-corrected chi connectivity index (χ1v) is 8.51. The van der Waals surface area contributed by atoms with Gasteiger partial charge in [0.25, 0.3) is 5.91 Å². The molecule has 1 amide bonds. The largest absolute Gasteiger partial charge is 0.481 e. The number of carbonyl (C=O) groups excluding carboxylic acids is 1. The zero-order valence-corrected chi connectivity index (χ0v) is 14.4. The van der Waals surface area contributed by atoms with Crippen LogP contribution in [0, 0.1) is 12.8 Å². The van der Waals surface area contributed by atoms with Gasteiger partial charge < -0.3 is 10.1 Å². The van der Waals surface area contributed by atoms with Crippen LogP contribution in [0.25, 0.3) is 0 Å². The van der Waals surface area contributed by atoms with E-state index < -0.39 is 0 Å². The number of rotatable bonds is 4. The number of aromatic nitrogens is 2. The molecule has 126 valence electrons. The number of ether oxygens (including phenoxy) is 1. The van der Waals surface area contributed by atoms with Crippen molar-refractivity contribution in [1.82, 2.24) is 15.1 Å². The molecule has 0 saturated heterocycles. The van der Waals surface area contributed by atoms with Crippen LogP contribution in [0.3, 0.4) is 0 Å². The molecule has 1 N–H and O–H groups in total. The van der Waals surface area contributed by atoms with E-state index in [-0.39, 0.29) is 5.91 Å². The predicted octanol–water partition coefficient (Wildman–Crippen LogP) is 2.37. The van der Waals surface area contributed by atoms with E-state index in [1.807, 2.05) is 6.92 Å². The fraction of sp³-hybridized carbons (Fsp3) is 0.474. The van der Waals surface area contributed by atoms with Crippen LogP contribution in [0.1, 0.15) is 40.0 Å². The molecule has 2 aliphatic rings. The summed E-state index contributed by atoms with van der Waals surface area (Å²) in [6, 6.07) is 8.75. The molecule has 2 unspecified atom stereocenters. The summed E-state index contributed by atoms with van der Waals surface area (Å²) in [5, 5.41) is 7.38. The van der Waals surface area contributed by atoms with Crippen molar-refractivity contribution in [2.24, 2.45) is 13.0 Å². The number of amides is 1. The summed E-state index contributed by atoms with van der Waals surface area (Å²) in [5.74, 6) is 0.959. The van der Waals surface area contributed by atoms with Crippen LogP contribution in [0.2, 0.25) is 0 Å². The van der Waals surface area contributed by atoms with Gasteiger partial charge in [-0.15, -0.1) is 0 Å². The van der Waals surface area contributed by atoms with E-state index in [9.17, 15) is 4.79 Å². The molecule has 5 nitrogen and oxygen atoms in total. The van der Waals surface area contributed by atoms with Crippen molar-refractivity contribution in [2.45, 2.75) is 31.6 Å². The van der Waals surface area contributed by atoms with Crippen LogP contribution in [-0.2, 0) is 18.9 Å². The molecule has 1 heterocycles. The molecule has 1 fully saturated rings. The molecule has 1 saturated carbocycles. The number of aryl methyl sites for hydroxylation is 3. The first-order valence-electron chi connectivity index (χ1n) is 8.51. The van der Waals surface area contributed by atoms with Gasteiger partial charge in [-0.25, -0.2) is 4.68 Å². The number of nitrogens with zero attached hydrogens (tertiary/aromatic N) is 2. The van der Waals surface area contributed by atoms with E-state index in [2.05, 4.69) is 34.7 Å². The highest BCUT2D eigenvalue weighted by atomic mass is 16.5. The van der Waals surface area contributed by atoms with Crippen LogP contribution < -0.4 is 10.1 Å². The lowest BCUT2D eigenvalue weighted by atomic mass is 9.95. The van der Waals surface area contributed by atoms with Crippen LogP contribution in [0.4, 0.5) is 0 Å². The molecule has 0 radical (unpaired) electrons. The maximum Gasteiger partial charge on any atom is 0.258 e. The number of nitrogens with one attached hydrogen (secondary N) is 1. The molecule has 2 aromatic rings. The standard InChI is InChI=1S/C19H23N3O2/c1-12-16(18(24-3)22(2)21-12)17(23)20-11-14-10-19(14)9-8-13-6-4-5-7-15(13)19/h4-7,14H,8-11H2,1-3H3,(H,20,23). The van der Waals surface area contributed by atoms with Gasteiger partial charge in [-0.2, -0.15) is 5.10 Å². The second-order valence-electron chi connectivity index (χ2n) is 7.02. The van der Waals surface area contributed by atoms with Gasteiger partial charge in [-0.1, -0.05) is 24.3 Å². The van der Waals surface area contributed by atoms with Crippen LogP contribution in [-0.4, -0.2) is 29.3 Å². The molecule has 1 spiro atoms. The Morgan fingerprint density at radius 1 is 1.46 bits per heavy atom. The molecular weight excluding hydrogens is 302 g/mol. The topological polar surface area (TPSA) is 56.1 Å². The lowest BCUT2D eigenvalue weighted by Crippen LogP contribution is -2.28. The van der Waals surface area contributed by atoms with Gasteiger partial charge in [0.2, 0.25) is 5.88 Å². The monoisotopic (exact) mass is 325 g/mol. The number of benzene rings is 1. The molecular formula is C19H23N3O2. The Balaban J connectivity index is 1.46. The fourth-order valence-electron chi connectivity index (χ4n) is 4.44. The second kappa shape index (κ2) is 5.36. The molecule has 0 bridgehead atoms. The van der Waals surface area contributed by atoms with Crippen molar-refractivity contribution >= 4 is 5.91 Å². The quantitative estimate of drug-likeness (QED) is 0.939. The first-order chi connectivity index (χ1) is 11.6. The van der Waals surface area contributed by atoms with Crippen molar-refractivity contribution in [3.05, 3.63) is 46.6 Å². The highest BCUT2D eigenvalue weighted by molar-refractivity contribution is 5.97. The zero-order chi connectivity index (χ0) is 16.9. The predicted molar refractivity (Wildman–Crippen MR) is 91.4 cm³/mol. The molecule has 2 atom stereocenters. The van der Waals surface area contributed by atoms with E-state index >= 15 is 0 Å². The lowest BCUT2D eigenvalue weighted by Gasteiger charge is -2.12. The summed E-state index contributed by atoms with van der Waals surface area (Å²) >= 11 is 0. The van der Waals surface area contributed by atoms with Gasteiger partial charge in [0.05, 0.1) is 12.8 Å². The first kappa shape index (κ1) is 15.2. The average Bonchev–Trinajstić information content (AvgIpc) is 3.04. The van der Waals surface area contributed by atoms with E-state index in [0.29, 0.717) is 35.0 Å². The minimum absolute atomic E-state index is 0.0919. The summed E-state index contributed by atoms with van der Waals surface area (Å²) < 4.78 is 6.93. The van der Waals surface area contributed by atoms with E-state index in [1.54, 1.807) is 18.8 Å². The number of methoxy groups -OCH3 is 1. The maximum absolute atomic E-state index is 12.6. The Bertz CT molecular complexity index is 811. The third-order valence-electron chi connectivity index (χ3n) is 5.73. The molecule has 2 aliphatic carbocycles. The molecule has 1 aromatic carbocycles. The number of hydrogen-bond donors (Lipinski definition) is 1. The van der Waals surface area contributed by atoms with Gasteiger partial charge in [0, 0.05) is 19.0 Å². The van der Waals surface area contributed by atoms with Crippen molar-refractivity contribution in [2.75, 3.05) is 13.7 Å². The van der Waals surface area contributed by atoms with Crippen LogP contribution >= 0.6 is 0 Å². The Morgan fingerprint density at radius 2 is 2.25 bits per heavy atom. The average molecular weight is 325 g/mol. The number of carbonyl (C=O) groups is 1. The fourth-order valence-corrected chi connectivity index (χ4v) is 4.44. The molecule has 24 heavy (non-hydrogen) atoms. The van der Waals surface area contributed by atoms with Crippen LogP contribution in [0.15, 0.2) is 24.3 Å². The molecule has 5 heteroatoms. The maximum atomic E-state index is 12.6. The molecule has 0 aliphatic heterocycles. The third kappa shape index (κ3) is 2.14. The minimum atomic E-state index is -0.0919. The Morgan fingerprint density at radius 3 is 3.04 bits per heavy atom. The zero-order valence-electron chi connectivity index (χ0n) is 14.4. The summed E-state index contributed by atoms with van der Waals surface area (Å²) in [4.78, 5) is 12.6. The Hall–Kier alpha value is -2.30. The van der Waals surface area contributed by atoms with Crippen molar-refractivity contribution in [3.8, 4) is 5.88 Å². The van der Waals surface area contributed by atoms with Crippen molar-refractivity contribution in [1.29, 1.82) is 0 Å². The van der Waals surface area contributed by atoms with Crippen LogP contribution in [0.5, 0.6) is 5.88 Å². The Labute approximate surface area is 142 Å². The van der Waals surface area contributed by atoms with Gasteiger partial charge in [-0.3, -0.25) is 4.79 Å². The molecule has 1 aromatic heterocycles. The second-order valence-corrected chi connectivity index (χ2v) is 7.02. The van der Waals surface area contributed by atoms with Gasteiger partial charge in [0.1, 0.15) is 5.56 Å². The summed E-state index contributed by atoms with van der Waals surface area (Å²) in [7, 11) is 3.35. The minimum Gasteiger partial charge on any atom is -0.481 e. The Kier molecular flexibility index (Phi) is 3.41. The van der Waals surface area contributed by atoms with Crippen molar-refractivity contribution < 1.29 is 9.53 Å². The lowest BCUT2D eigenvalue weighted by molar-refractivity contribution is 0.0947. The van der Waals surface area contributed by atoms with Gasteiger partial charge in [-0.05, 0) is 43.2 Å². The van der Waals surface area contributed by atoms with E-state index in [1.165, 1.54) is 24.0 Å². The van der Waals surface area contributed by atoms with Gasteiger partial charge >= 0.3 is 0 Å². The van der Waals surface area contributed by atoms with E-state index in [0.717, 1.165) is 6.42 Å². The van der Waals surface area contributed by atoms with E-state index in [4.69, 9.17) is 4.74 Å². The smallest absolute Gasteiger partial charge is 0.258 e. The van der Waals surface area contributed by atoms with Crippen molar-refractivity contribution in [3.63, 3.8) is 0 Å². The summed E-state index contributed by atoms with van der Waals surface area (Å²) in [6.45, 7) is 2.55. The van der Waals surface area contributed by atoms with Gasteiger partial charge in [0.15, 0.2) is 0 Å². The highest BCUT2D eigenvalue weighted by Gasteiger charge is 2.57. The number of fused-ring (bicyclic) bond motifs is 2. The molecule has 4 rings (SSSR count). The number of hydrogen-bond acceptors (Lipinski definition) is 3. The SMILES string of the molecule is COc1c(C(=O)NCC2CC23CCc2ccccc23)c(C)nn1C. The normalized spacial score (nSPS) is 24.0.